The predicted octanol–water partition coefficient (Wildman–Crippen LogP) is 3.86. The average Bonchev–Trinajstić information content (AvgIpc) is 2.44. The molecule has 1 atom stereocenters. The smallest absolute Gasteiger partial charge is 0.407 e. The molecule has 0 aromatic heterocycles. The monoisotopic (exact) mass is 393 g/mol. The normalized spacial score (nSPS) is 12.8. The Morgan fingerprint density at radius 1 is 1.04 bits per heavy atom. The Balaban J connectivity index is 3.03. The lowest BCUT2D eigenvalue weighted by Gasteiger charge is -2.25. The van der Waals surface area contributed by atoms with E-state index in [9.17, 15) is 19.5 Å². The molecule has 7 heteroatoms. The fourth-order valence-electron chi connectivity index (χ4n) is 2.52. The van der Waals surface area contributed by atoms with E-state index in [4.69, 9.17) is 9.47 Å². The van der Waals surface area contributed by atoms with Gasteiger partial charge in [0.2, 0.25) is 0 Å². The van der Waals surface area contributed by atoms with Crippen molar-refractivity contribution in [3.8, 4) is 0 Å². The van der Waals surface area contributed by atoms with Crippen LogP contribution in [0.2, 0.25) is 0 Å². The lowest BCUT2D eigenvalue weighted by Crippen LogP contribution is -2.42. The van der Waals surface area contributed by atoms with Crippen molar-refractivity contribution in [3.63, 3.8) is 0 Å². The van der Waals surface area contributed by atoms with Crippen molar-refractivity contribution in [1.82, 2.24) is 5.32 Å². The van der Waals surface area contributed by atoms with Crippen LogP contribution in [0.3, 0.4) is 0 Å². The maximum absolute atomic E-state index is 12.3. The molecule has 1 rings (SSSR count). The fraction of sp³-hybridized carbons (Fsp3) is 0.571. The number of aromatic carboxylic acids is 1. The first-order valence-electron chi connectivity index (χ1n) is 9.20. The van der Waals surface area contributed by atoms with E-state index in [0.717, 1.165) is 11.1 Å². The molecule has 0 saturated heterocycles. The molecule has 0 aliphatic heterocycles. The molecule has 7 nitrogen and oxygen atoms in total. The van der Waals surface area contributed by atoms with Crippen LogP contribution < -0.4 is 5.32 Å². The van der Waals surface area contributed by atoms with Crippen LogP contribution in [-0.2, 0) is 20.7 Å². The standard InChI is InChI=1S/C21H31NO6/c1-13-8-9-14(18(24)25)10-15(13)11-16(12-17(23)27-20(2,3)4)22-19(26)28-21(5,6)7/h8-10,16H,11-12H2,1-7H3,(H,22,26)(H,24,25)/t16-/m0/s1. The van der Waals surface area contributed by atoms with E-state index >= 15 is 0 Å². The van der Waals surface area contributed by atoms with Gasteiger partial charge in [0.1, 0.15) is 11.2 Å². The number of carboxylic acids is 1. The van der Waals surface area contributed by atoms with Crippen molar-refractivity contribution in [2.75, 3.05) is 0 Å². The van der Waals surface area contributed by atoms with E-state index in [-0.39, 0.29) is 18.4 Å². The Morgan fingerprint density at radius 2 is 1.61 bits per heavy atom. The van der Waals surface area contributed by atoms with Gasteiger partial charge in [-0.25, -0.2) is 9.59 Å². The number of nitrogens with one attached hydrogen (secondary N) is 1. The highest BCUT2D eigenvalue weighted by Crippen LogP contribution is 2.17. The van der Waals surface area contributed by atoms with E-state index in [1.165, 1.54) is 6.07 Å². The molecule has 0 aliphatic carbocycles. The quantitative estimate of drug-likeness (QED) is 0.712. The first-order valence-corrected chi connectivity index (χ1v) is 9.20. The average molecular weight is 393 g/mol. The summed E-state index contributed by atoms with van der Waals surface area (Å²) in [6, 6.07) is 4.17. The Kier molecular flexibility index (Phi) is 7.61. The number of amides is 1. The summed E-state index contributed by atoms with van der Waals surface area (Å²) in [5.41, 5.74) is 0.412. The van der Waals surface area contributed by atoms with E-state index in [1.54, 1.807) is 53.7 Å². The minimum Gasteiger partial charge on any atom is -0.478 e. The number of hydrogen-bond acceptors (Lipinski definition) is 5. The summed E-state index contributed by atoms with van der Waals surface area (Å²) < 4.78 is 10.6. The van der Waals surface area contributed by atoms with E-state index in [0.29, 0.717) is 0 Å². The van der Waals surface area contributed by atoms with Gasteiger partial charge in [0.25, 0.3) is 0 Å². The molecule has 1 aromatic carbocycles. The molecule has 0 radical (unpaired) electrons. The van der Waals surface area contributed by atoms with Crippen molar-refractivity contribution in [2.24, 2.45) is 0 Å². The number of esters is 1. The number of rotatable bonds is 6. The first kappa shape index (κ1) is 23.5. The number of aryl methyl sites for hydroxylation is 1. The summed E-state index contributed by atoms with van der Waals surface area (Å²) in [7, 11) is 0. The van der Waals surface area contributed by atoms with Gasteiger partial charge in [-0.2, -0.15) is 0 Å². The van der Waals surface area contributed by atoms with Gasteiger partial charge in [-0.05, 0) is 78.1 Å². The molecule has 0 saturated carbocycles. The number of benzene rings is 1. The molecule has 0 aliphatic rings. The Hall–Kier alpha value is -2.57. The Bertz CT molecular complexity index is 697. The zero-order chi connectivity index (χ0) is 21.7. The van der Waals surface area contributed by atoms with Crippen LogP contribution in [-0.4, -0.2) is 40.4 Å². The molecule has 0 bridgehead atoms. The van der Waals surface area contributed by atoms with E-state index < -0.39 is 35.3 Å². The third kappa shape index (κ3) is 8.88. The number of ether oxygens (including phenoxy) is 2. The van der Waals surface area contributed by atoms with E-state index in [1.807, 2.05) is 6.92 Å². The van der Waals surface area contributed by atoms with Crippen LogP contribution >= 0.6 is 0 Å². The van der Waals surface area contributed by atoms with Gasteiger partial charge in [0.15, 0.2) is 0 Å². The van der Waals surface area contributed by atoms with Gasteiger partial charge in [-0.3, -0.25) is 4.79 Å². The van der Waals surface area contributed by atoms with Gasteiger partial charge in [0, 0.05) is 6.04 Å². The van der Waals surface area contributed by atoms with Crippen molar-refractivity contribution in [3.05, 3.63) is 34.9 Å². The van der Waals surface area contributed by atoms with Crippen molar-refractivity contribution < 1.29 is 29.0 Å². The van der Waals surface area contributed by atoms with Gasteiger partial charge in [0.05, 0.1) is 12.0 Å². The second kappa shape index (κ2) is 9.08. The Morgan fingerprint density at radius 3 is 2.11 bits per heavy atom. The van der Waals surface area contributed by atoms with Gasteiger partial charge < -0.3 is 19.9 Å². The lowest BCUT2D eigenvalue weighted by molar-refractivity contribution is -0.155. The summed E-state index contributed by atoms with van der Waals surface area (Å²) in [6.07, 6.45) is -0.438. The van der Waals surface area contributed by atoms with Gasteiger partial charge >= 0.3 is 18.0 Å². The Labute approximate surface area is 166 Å². The second-order valence-electron chi connectivity index (χ2n) is 8.78. The molecular weight excluding hydrogens is 362 g/mol. The molecule has 0 fully saturated rings. The molecule has 156 valence electrons. The largest absolute Gasteiger partial charge is 0.478 e. The topological polar surface area (TPSA) is 102 Å². The predicted molar refractivity (Wildman–Crippen MR) is 105 cm³/mol. The zero-order valence-electron chi connectivity index (χ0n) is 17.7. The molecule has 0 spiro atoms. The zero-order valence-corrected chi connectivity index (χ0v) is 17.7. The third-order valence-electron chi connectivity index (χ3n) is 3.62. The van der Waals surface area contributed by atoms with Crippen molar-refractivity contribution >= 4 is 18.0 Å². The van der Waals surface area contributed by atoms with Crippen LogP contribution in [0.5, 0.6) is 0 Å². The fourth-order valence-corrected chi connectivity index (χ4v) is 2.52. The molecule has 28 heavy (non-hydrogen) atoms. The van der Waals surface area contributed by atoms with Gasteiger partial charge in [-0.1, -0.05) is 6.07 Å². The van der Waals surface area contributed by atoms with Crippen molar-refractivity contribution in [2.45, 2.75) is 78.6 Å². The third-order valence-corrected chi connectivity index (χ3v) is 3.62. The molecular formula is C21H31NO6. The molecule has 2 N–H and O–H groups in total. The number of carbonyl (C=O) groups excluding carboxylic acids is 2. The van der Waals surface area contributed by atoms with Crippen molar-refractivity contribution in [1.29, 1.82) is 0 Å². The highest BCUT2D eigenvalue weighted by molar-refractivity contribution is 5.88. The highest BCUT2D eigenvalue weighted by Gasteiger charge is 2.25. The van der Waals surface area contributed by atoms with Crippen LogP contribution in [0.4, 0.5) is 4.79 Å². The maximum atomic E-state index is 12.3. The van der Waals surface area contributed by atoms with Crippen LogP contribution in [0.25, 0.3) is 0 Å². The van der Waals surface area contributed by atoms with Crippen LogP contribution in [0, 0.1) is 6.92 Å². The molecule has 1 aromatic rings. The minimum atomic E-state index is -1.04. The SMILES string of the molecule is Cc1ccc(C(=O)O)cc1C[C@@H](CC(=O)OC(C)(C)C)NC(=O)OC(C)(C)C. The summed E-state index contributed by atoms with van der Waals surface area (Å²) in [6.45, 7) is 12.4. The lowest BCUT2D eigenvalue weighted by atomic mass is 9.97. The summed E-state index contributed by atoms with van der Waals surface area (Å²) in [5.74, 6) is -1.49. The minimum absolute atomic E-state index is 0.0623. The molecule has 1 amide bonds. The number of carbonyl (C=O) groups is 3. The van der Waals surface area contributed by atoms with Crippen LogP contribution in [0.1, 0.15) is 69.4 Å². The number of carboxylic acid groups (broad SMARTS) is 1. The number of alkyl carbamates (subject to hydrolysis) is 1. The highest BCUT2D eigenvalue weighted by atomic mass is 16.6. The summed E-state index contributed by atoms with van der Waals surface area (Å²) in [5, 5.41) is 11.9. The number of hydrogen-bond donors (Lipinski definition) is 2. The maximum Gasteiger partial charge on any atom is 0.407 e. The summed E-state index contributed by atoms with van der Waals surface area (Å²) >= 11 is 0. The van der Waals surface area contributed by atoms with Crippen LogP contribution in [0.15, 0.2) is 18.2 Å². The molecule has 0 heterocycles. The van der Waals surface area contributed by atoms with E-state index in [2.05, 4.69) is 5.32 Å². The molecule has 0 unspecified atom stereocenters. The first-order chi connectivity index (χ1) is 12.7. The summed E-state index contributed by atoms with van der Waals surface area (Å²) in [4.78, 5) is 35.7. The van der Waals surface area contributed by atoms with Gasteiger partial charge in [-0.15, -0.1) is 0 Å². The second-order valence-corrected chi connectivity index (χ2v) is 8.78.